The zero-order valence-corrected chi connectivity index (χ0v) is 20.5. The number of fused-ring (bicyclic) bond motifs is 1. The molecule has 0 saturated carbocycles. The van der Waals surface area contributed by atoms with Crippen molar-refractivity contribution < 1.29 is 23.9 Å². The summed E-state index contributed by atoms with van der Waals surface area (Å²) >= 11 is 1.25. The highest BCUT2D eigenvalue weighted by atomic mass is 32.1. The van der Waals surface area contributed by atoms with Crippen LogP contribution >= 0.6 is 11.3 Å². The zero-order valence-electron chi connectivity index (χ0n) is 19.6. The van der Waals surface area contributed by atoms with Gasteiger partial charge in [0, 0.05) is 12.3 Å². The highest BCUT2D eigenvalue weighted by molar-refractivity contribution is 7.14. The second-order valence-electron chi connectivity index (χ2n) is 8.28. The molecule has 1 aliphatic heterocycles. The number of ether oxygens (including phenoxy) is 1. The minimum atomic E-state index is -1.05. The van der Waals surface area contributed by atoms with Crippen molar-refractivity contribution in [2.24, 2.45) is 5.92 Å². The fourth-order valence-corrected chi connectivity index (χ4v) is 4.85. The van der Waals surface area contributed by atoms with Crippen molar-refractivity contribution in [3.05, 3.63) is 76.8 Å². The molecule has 3 amide bonds. The van der Waals surface area contributed by atoms with E-state index in [0.29, 0.717) is 22.9 Å². The van der Waals surface area contributed by atoms with Crippen molar-refractivity contribution in [1.29, 1.82) is 0 Å². The summed E-state index contributed by atoms with van der Waals surface area (Å²) in [5.41, 5.74) is 1.71. The Bertz CT molecular complexity index is 1240. The molecule has 0 aliphatic carbocycles. The van der Waals surface area contributed by atoms with Crippen LogP contribution in [0.4, 0.5) is 10.8 Å². The predicted molar refractivity (Wildman–Crippen MR) is 131 cm³/mol. The second kappa shape index (κ2) is 10.2. The molecule has 0 spiro atoms. The lowest BCUT2D eigenvalue weighted by molar-refractivity contribution is -0.151. The Kier molecular flexibility index (Phi) is 7.07. The topological polar surface area (TPSA) is 96.9 Å². The van der Waals surface area contributed by atoms with Gasteiger partial charge in [0.1, 0.15) is 12.6 Å². The van der Waals surface area contributed by atoms with Gasteiger partial charge in [-0.05, 0) is 30.2 Å². The molecule has 0 fully saturated rings. The molecule has 0 saturated heterocycles. The van der Waals surface area contributed by atoms with Crippen LogP contribution in [0.2, 0.25) is 0 Å². The van der Waals surface area contributed by atoms with E-state index in [0.717, 1.165) is 4.90 Å². The molecule has 9 heteroatoms. The van der Waals surface area contributed by atoms with Crippen LogP contribution in [0.5, 0.6) is 0 Å². The third-order valence-corrected chi connectivity index (χ3v) is 6.83. The molecule has 1 aliphatic rings. The number of amides is 3. The summed E-state index contributed by atoms with van der Waals surface area (Å²) in [6.45, 7) is 5.00. The first-order valence-electron chi connectivity index (χ1n) is 11.3. The molecule has 2 heterocycles. The van der Waals surface area contributed by atoms with Crippen molar-refractivity contribution in [3.8, 4) is 0 Å². The summed E-state index contributed by atoms with van der Waals surface area (Å²) in [6, 6.07) is 14.6. The number of esters is 1. The standard InChI is InChI=1S/C26H25N3O5S/c1-4-16(2)22(29-23(31)20-12-8-9-13-21(20)24(29)32)25(33)34-14-18-15-35-26(27-18)28(17(3)30)19-10-6-5-7-11-19/h5-13,15-16,22H,4,14H2,1-3H3. The van der Waals surface area contributed by atoms with Gasteiger partial charge in [-0.1, -0.05) is 50.6 Å². The highest BCUT2D eigenvalue weighted by Crippen LogP contribution is 2.31. The molecule has 2 unspecified atom stereocenters. The highest BCUT2D eigenvalue weighted by Gasteiger charge is 2.45. The number of carbonyl (C=O) groups is 4. The van der Waals surface area contributed by atoms with Crippen LogP contribution in [0.3, 0.4) is 0 Å². The number of hydrogen-bond acceptors (Lipinski definition) is 7. The van der Waals surface area contributed by atoms with E-state index in [1.165, 1.54) is 23.2 Å². The molecule has 2 aromatic carbocycles. The van der Waals surface area contributed by atoms with Gasteiger partial charge in [0.15, 0.2) is 5.13 Å². The van der Waals surface area contributed by atoms with E-state index in [1.807, 2.05) is 25.1 Å². The van der Waals surface area contributed by atoms with Crippen molar-refractivity contribution >= 4 is 45.8 Å². The first-order valence-corrected chi connectivity index (χ1v) is 12.1. The Balaban J connectivity index is 1.51. The molecule has 0 N–H and O–H groups in total. The minimum absolute atomic E-state index is 0.147. The quantitative estimate of drug-likeness (QED) is 0.338. The lowest BCUT2D eigenvalue weighted by Crippen LogP contribution is -2.49. The average Bonchev–Trinajstić information content (AvgIpc) is 3.42. The number of imide groups is 1. The first kappa shape index (κ1) is 24.3. The average molecular weight is 492 g/mol. The Hall–Kier alpha value is -3.85. The molecule has 0 radical (unpaired) electrons. The number of aromatic nitrogens is 1. The van der Waals surface area contributed by atoms with Gasteiger partial charge in [0.05, 0.1) is 22.5 Å². The minimum Gasteiger partial charge on any atom is -0.458 e. The fourth-order valence-electron chi connectivity index (χ4n) is 3.98. The molecular formula is C26H25N3O5S. The van der Waals surface area contributed by atoms with Crippen LogP contribution in [-0.2, 0) is 20.9 Å². The number of hydrogen-bond donors (Lipinski definition) is 0. The Morgan fingerprint density at radius 2 is 1.63 bits per heavy atom. The Labute approximate surface area is 207 Å². The number of nitrogens with zero attached hydrogens (tertiary/aromatic N) is 3. The van der Waals surface area contributed by atoms with Crippen LogP contribution in [-0.4, -0.2) is 39.6 Å². The van der Waals surface area contributed by atoms with Gasteiger partial charge in [-0.2, -0.15) is 0 Å². The van der Waals surface area contributed by atoms with Crippen LogP contribution in [0, 0.1) is 5.92 Å². The van der Waals surface area contributed by atoms with Gasteiger partial charge in [0.25, 0.3) is 11.8 Å². The van der Waals surface area contributed by atoms with Gasteiger partial charge in [-0.15, -0.1) is 11.3 Å². The van der Waals surface area contributed by atoms with Crippen LogP contribution in [0.15, 0.2) is 60.0 Å². The van der Waals surface area contributed by atoms with E-state index < -0.39 is 23.8 Å². The summed E-state index contributed by atoms with van der Waals surface area (Å²) in [5.74, 6) is -2.17. The van der Waals surface area contributed by atoms with E-state index in [9.17, 15) is 19.2 Å². The predicted octanol–water partition coefficient (Wildman–Crippen LogP) is 4.58. The normalized spacial score (nSPS) is 14.4. The van der Waals surface area contributed by atoms with E-state index in [4.69, 9.17) is 4.74 Å². The molecule has 8 nitrogen and oxygen atoms in total. The molecule has 4 rings (SSSR count). The van der Waals surface area contributed by atoms with E-state index >= 15 is 0 Å². The van der Waals surface area contributed by atoms with Gasteiger partial charge in [-0.3, -0.25) is 24.2 Å². The molecule has 0 bridgehead atoms. The Morgan fingerprint density at radius 3 is 2.20 bits per heavy atom. The van der Waals surface area contributed by atoms with Crippen LogP contribution in [0.25, 0.3) is 0 Å². The maximum Gasteiger partial charge on any atom is 0.330 e. The van der Waals surface area contributed by atoms with Crippen molar-refractivity contribution in [2.45, 2.75) is 39.8 Å². The first-order chi connectivity index (χ1) is 16.8. The van der Waals surface area contributed by atoms with E-state index in [2.05, 4.69) is 4.98 Å². The van der Waals surface area contributed by atoms with Crippen molar-refractivity contribution in [1.82, 2.24) is 9.88 Å². The Morgan fingerprint density at radius 1 is 1.03 bits per heavy atom. The summed E-state index contributed by atoms with van der Waals surface area (Å²) in [4.78, 5) is 58.3. The zero-order chi connectivity index (χ0) is 25.1. The maximum atomic E-state index is 13.2. The second-order valence-corrected chi connectivity index (χ2v) is 9.11. The summed E-state index contributed by atoms with van der Waals surface area (Å²) < 4.78 is 5.54. The molecular weight excluding hydrogens is 466 g/mol. The van der Waals surface area contributed by atoms with E-state index in [-0.39, 0.29) is 29.6 Å². The summed E-state index contributed by atoms with van der Waals surface area (Å²) in [7, 11) is 0. The molecule has 35 heavy (non-hydrogen) atoms. The number of benzene rings is 2. The molecule has 1 aromatic heterocycles. The van der Waals surface area contributed by atoms with Crippen molar-refractivity contribution in [3.63, 3.8) is 0 Å². The van der Waals surface area contributed by atoms with Gasteiger partial charge in [-0.25, -0.2) is 9.78 Å². The SMILES string of the molecule is CCC(C)C(C(=O)OCc1csc(N(C(C)=O)c2ccccc2)n1)N1C(=O)c2ccccc2C1=O. The van der Waals surface area contributed by atoms with E-state index in [1.54, 1.807) is 48.7 Å². The largest absolute Gasteiger partial charge is 0.458 e. The fraction of sp³-hybridized carbons (Fsp3) is 0.269. The third-order valence-electron chi connectivity index (χ3n) is 5.95. The summed E-state index contributed by atoms with van der Waals surface area (Å²) in [5, 5.41) is 2.16. The lowest BCUT2D eigenvalue weighted by Gasteiger charge is -2.28. The molecule has 180 valence electrons. The molecule has 2 atom stereocenters. The van der Waals surface area contributed by atoms with Gasteiger partial charge >= 0.3 is 5.97 Å². The van der Waals surface area contributed by atoms with Crippen LogP contribution in [0.1, 0.15) is 53.6 Å². The number of carbonyl (C=O) groups excluding carboxylic acids is 4. The summed E-state index contributed by atoms with van der Waals surface area (Å²) in [6.07, 6.45) is 0.568. The lowest BCUT2D eigenvalue weighted by atomic mass is 9.97. The van der Waals surface area contributed by atoms with Gasteiger partial charge in [0.2, 0.25) is 5.91 Å². The number of para-hydroxylation sites is 1. The number of anilines is 2. The van der Waals surface area contributed by atoms with Crippen molar-refractivity contribution in [2.75, 3.05) is 4.90 Å². The van der Waals surface area contributed by atoms with Crippen LogP contribution < -0.4 is 4.90 Å². The number of rotatable bonds is 8. The van der Waals surface area contributed by atoms with Gasteiger partial charge < -0.3 is 4.74 Å². The maximum absolute atomic E-state index is 13.2. The monoisotopic (exact) mass is 491 g/mol. The molecule has 3 aromatic rings. The third kappa shape index (κ3) is 4.72. The smallest absolute Gasteiger partial charge is 0.330 e. The number of thiazole rings is 1.